The van der Waals surface area contributed by atoms with Crippen LogP contribution in [0.2, 0.25) is 10.0 Å². The summed E-state index contributed by atoms with van der Waals surface area (Å²) in [6, 6.07) is 5.40. The van der Waals surface area contributed by atoms with Gasteiger partial charge in [0.1, 0.15) is 5.78 Å². The largest absolute Gasteiger partial charge is 0.299 e. The highest BCUT2D eigenvalue weighted by atomic mass is 35.5. The average molecular weight is 259 g/mol. The highest BCUT2D eigenvalue weighted by Gasteiger charge is 2.21. The van der Waals surface area contributed by atoms with E-state index in [0.29, 0.717) is 22.9 Å². The number of ketones is 1. The lowest BCUT2D eigenvalue weighted by Gasteiger charge is -2.16. The number of hydrogen-bond donors (Lipinski definition) is 0. The first-order valence-corrected chi connectivity index (χ1v) is 6.04. The lowest BCUT2D eigenvalue weighted by Crippen LogP contribution is -2.20. The van der Waals surface area contributed by atoms with Crippen LogP contribution in [-0.2, 0) is 11.2 Å². The first-order chi connectivity index (χ1) is 7.32. The number of carbonyl (C=O) groups is 1. The zero-order chi connectivity index (χ0) is 12.3. The Kier molecular flexibility index (Phi) is 4.40. The first kappa shape index (κ1) is 13.5. The van der Waals surface area contributed by atoms with Gasteiger partial charge in [0, 0.05) is 21.9 Å². The van der Waals surface area contributed by atoms with Gasteiger partial charge >= 0.3 is 0 Å². The monoisotopic (exact) mass is 258 g/mol. The summed E-state index contributed by atoms with van der Waals surface area (Å²) in [7, 11) is 0. The summed E-state index contributed by atoms with van der Waals surface area (Å²) in [5.41, 5.74) is 0.566. The Hall–Kier alpha value is -0.530. The van der Waals surface area contributed by atoms with Crippen LogP contribution >= 0.6 is 23.2 Å². The number of benzene rings is 1. The third-order valence-corrected chi connectivity index (χ3v) is 3.21. The molecular formula is C13H16Cl2O. The third kappa shape index (κ3) is 3.50. The summed E-state index contributed by atoms with van der Waals surface area (Å²) in [5, 5.41) is 1.27. The summed E-state index contributed by atoms with van der Waals surface area (Å²) in [5.74, 6) is 0.225. The van der Waals surface area contributed by atoms with Gasteiger partial charge in [-0.1, -0.05) is 50.0 Å². The molecule has 1 nitrogen and oxygen atoms in total. The molecule has 16 heavy (non-hydrogen) atoms. The van der Waals surface area contributed by atoms with Crippen molar-refractivity contribution in [1.29, 1.82) is 0 Å². The second kappa shape index (κ2) is 5.20. The maximum Gasteiger partial charge on any atom is 0.138 e. The van der Waals surface area contributed by atoms with Crippen LogP contribution in [0.25, 0.3) is 0 Å². The second-order valence-corrected chi connectivity index (χ2v) is 5.69. The Balaban J connectivity index is 2.73. The van der Waals surface area contributed by atoms with Crippen molar-refractivity contribution in [3.63, 3.8) is 0 Å². The maximum atomic E-state index is 11.8. The van der Waals surface area contributed by atoms with Crippen LogP contribution < -0.4 is 0 Å². The van der Waals surface area contributed by atoms with E-state index in [2.05, 4.69) is 0 Å². The quantitative estimate of drug-likeness (QED) is 0.778. The van der Waals surface area contributed by atoms with Crippen LogP contribution in [0.1, 0.15) is 32.8 Å². The van der Waals surface area contributed by atoms with Crippen molar-refractivity contribution in [3.8, 4) is 0 Å². The van der Waals surface area contributed by atoms with E-state index in [9.17, 15) is 4.79 Å². The third-order valence-electron chi connectivity index (χ3n) is 2.50. The van der Waals surface area contributed by atoms with E-state index in [0.717, 1.165) is 5.56 Å². The van der Waals surface area contributed by atoms with Crippen molar-refractivity contribution in [2.24, 2.45) is 5.41 Å². The lowest BCUT2D eigenvalue weighted by molar-refractivity contribution is -0.126. The van der Waals surface area contributed by atoms with Gasteiger partial charge in [0.15, 0.2) is 0 Å². The number of halogens is 2. The average Bonchev–Trinajstić information content (AvgIpc) is 2.15. The number of rotatable bonds is 3. The Morgan fingerprint density at radius 3 is 2.12 bits per heavy atom. The van der Waals surface area contributed by atoms with Gasteiger partial charge in [-0.2, -0.15) is 0 Å². The standard InChI is InChI=1S/C13H16Cl2O/c1-13(2,3)12(16)8-7-9-10(14)5-4-6-11(9)15/h4-6H,7-8H2,1-3H3. The van der Waals surface area contributed by atoms with Crippen LogP contribution in [0.4, 0.5) is 0 Å². The molecule has 0 saturated heterocycles. The molecule has 3 heteroatoms. The van der Waals surface area contributed by atoms with Gasteiger partial charge < -0.3 is 0 Å². The maximum absolute atomic E-state index is 11.8. The molecule has 0 amide bonds. The molecule has 1 aromatic carbocycles. The van der Waals surface area contributed by atoms with Gasteiger partial charge in [-0.15, -0.1) is 0 Å². The predicted molar refractivity (Wildman–Crippen MR) is 69.2 cm³/mol. The van der Waals surface area contributed by atoms with Crippen LogP contribution in [0.15, 0.2) is 18.2 Å². The molecule has 0 aliphatic rings. The van der Waals surface area contributed by atoms with Gasteiger partial charge in [0.2, 0.25) is 0 Å². The summed E-state index contributed by atoms with van der Waals surface area (Å²) in [6.07, 6.45) is 1.08. The fraction of sp³-hybridized carbons (Fsp3) is 0.462. The Morgan fingerprint density at radius 2 is 1.69 bits per heavy atom. The van der Waals surface area contributed by atoms with E-state index in [1.807, 2.05) is 20.8 Å². The summed E-state index contributed by atoms with van der Waals surface area (Å²) in [6.45, 7) is 5.76. The molecule has 0 saturated carbocycles. The molecule has 0 aromatic heterocycles. The van der Waals surface area contributed by atoms with E-state index >= 15 is 0 Å². The number of carbonyl (C=O) groups excluding carboxylic acids is 1. The van der Waals surface area contributed by atoms with E-state index in [1.54, 1.807) is 18.2 Å². The number of Topliss-reactive ketones (excluding diaryl/α,β-unsaturated/α-hetero) is 1. The minimum atomic E-state index is -0.298. The molecule has 0 bridgehead atoms. The fourth-order valence-electron chi connectivity index (χ4n) is 1.38. The van der Waals surface area contributed by atoms with E-state index < -0.39 is 0 Å². The van der Waals surface area contributed by atoms with Gasteiger partial charge in [-0.3, -0.25) is 4.79 Å². The lowest BCUT2D eigenvalue weighted by atomic mass is 9.87. The summed E-state index contributed by atoms with van der Waals surface area (Å²) >= 11 is 12.1. The zero-order valence-electron chi connectivity index (χ0n) is 9.81. The second-order valence-electron chi connectivity index (χ2n) is 4.87. The normalized spacial score (nSPS) is 11.6. The van der Waals surface area contributed by atoms with Crippen LogP contribution in [-0.4, -0.2) is 5.78 Å². The van der Waals surface area contributed by atoms with Crippen molar-refractivity contribution >= 4 is 29.0 Å². The minimum Gasteiger partial charge on any atom is -0.299 e. The summed E-state index contributed by atoms with van der Waals surface area (Å²) < 4.78 is 0. The summed E-state index contributed by atoms with van der Waals surface area (Å²) in [4.78, 5) is 11.8. The number of hydrogen-bond acceptors (Lipinski definition) is 1. The zero-order valence-corrected chi connectivity index (χ0v) is 11.3. The Labute approximate surface area is 107 Å². The molecule has 88 valence electrons. The highest BCUT2D eigenvalue weighted by molar-refractivity contribution is 6.36. The molecule has 1 aromatic rings. The van der Waals surface area contributed by atoms with Gasteiger partial charge in [0.05, 0.1) is 0 Å². The molecule has 1 rings (SSSR count). The van der Waals surface area contributed by atoms with E-state index in [1.165, 1.54) is 0 Å². The van der Waals surface area contributed by atoms with Crippen molar-refractivity contribution in [1.82, 2.24) is 0 Å². The van der Waals surface area contributed by atoms with Crippen molar-refractivity contribution < 1.29 is 4.79 Å². The van der Waals surface area contributed by atoms with Crippen LogP contribution in [0, 0.1) is 5.41 Å². The molecule has 0 heterocycles. The SMILES string of the molecule is CC(C)(C)C(=O)CCc1c(Cl)cccc1Cl. The van der Waals surface area contributed by atoms with Gasteiger partial charge in [0.25, 0.3) is 0 Å². The Morgan fingerprint density at radius 1 is 1.19 bits per heavy atom. The van der Waals surface area contributed by atoms with Crippen LogP contribution in [0.5, 0.6) is 0 Å². The molecule has 0 radical (unpaired) electrons. The van der Waals surface area contributed by atoms with Crippen molar-refractivity contribution in [2.45, 2.75) is 33.6 Å². The predicted octanol–water partition coefficient (Wildman–Crippen LogP) is 4.54. The minimum absolute atomic E-state index is 0.225. The molecule has 0 spiro atoms. The topological polar surface area (TPSA) is 17.1 Å². The molecular weight excluding hydrogens is 243 g/mol. The molecule has 0 fully saturated rings. The Bertz CT molecular complexity index is 371. The molecule has 0 aliphatic heterocycles. The van der Waals surface area contributed by atoms with E-state index in [-0.39, 0.29) is 11.2 Å². The smallest absolute Gasteiger partial charge is 0.138 e. The van der Waals surface area contributed by atoms with Gasteiger partial charge in [-0.05, 0) is 24.1 Å². The van der Waals surface area contributed by atoms with Crippen molar-refractivity contribution in [3.05, 3.63) is 33.8 Å². The van der Waals surface area contributed by atoms with Crippen LogP contribution in [0.3, 0.4) is 0 Å². The molecule has 0 N–H and O–H groups in total. The highest BCUT2D eigenvalue weighted by Crippen LogP contribution is 2.27. The molecule has 0 aliphatic carbocycles. The fourth-order valence-corrected chi connectivity index (χ4v) is 1.97. The van der Waals surface area contributed by atoms with Gasteiger partial charge in [-0.25, -0.2) is 0 Å². The van der Waals surface area contributed by atoms with E-state index in [4.69, 9.17) is 23.2 Å². The van der Waals surface area contributed by atoms with Crippen molar-refractivity contribution in [2.75, 3.05) is 0 Å². The molecule has 0 atom stereocenters. The molecule has 0 unspecified atom stereocenters. The first-order valence-electron chi connectivity index (χ1n) is 5.28.